The molecular formula is C20H20ClN3O2. The molecular weight excluding hydrogens is 350 g/mol. The second kappa shape index (κ2) is 8.06. The summed E-state index contributed by atoms with van der Waals surface area (Å²) in [5.41, 5.74) is 3.34. The molecule has 134 valence electrons. The number of benzene rings is 2. The Balaban J connectivity index is 1.70. The lowest BCUT2D eigenvalue weighted by Gasteiger charge is -2.10. The number of nitrogens with zero attached hydrogens (tertiary/aromatic N) is 2. The fraction of sp³-hybridized carbons (Fsp3) is 0.200. The number of nitrogens with one attached hydrogen (secondary N) is 1. The zero-order chi connectivity index (χ0) is 18.5. The number of amides is 1. The zero-order valence-electron chi connectivity index (χ0n) is 14.7. The average Bonchev–Trinajstić information content (AvgIpc) is 3.01. The molecule has 5 nitrogen and oxygen atoms in total. The van der Waals surface area contributed by atoms with Crippen LogP contribution in [-0.2, 0) is 13.1 Å². The molecule has 0 radical (unpaired) electrons. The fourth-order valence-electron chi connectivity index (χ4n) is 2.74. The smallest absolute Gasteiger partial charge is 0.255 e. The third-order valence-corrected chi connectivity index (χ3v) is 4.44. The molecule has 0 atom stereocenters. The SMILES string of the molecule is COc1ccc(Cl)cc1CNC(=O)c1cnn(Cc2ccccc2)c1C. The lowest BCUT2D eigenvalue weighted by molar-refractivity contribution is 0.0950. The summed E-state index contributed by atoms with van der Waals surface area (Å²) in [5, 5.41) is 7.85. The first-order valence-electron chi connectivity index (χ1n) is 8.25. The number of carbonyl (C=O) groups excluding carboxylic acids is 1. The van der Waals surface area contributed by atoms with Crippen LogP contribution in [0, 0.1) is 6.92 Å². The predicted octanol–water partition coefficient (Wildman–Crippen LogP) is 3.83. The Labute approximate surface area is 157 Å². The van der Waals surface area contributed by atoms with Gasteiger partial charge in [0.15, 0.2) is 0 Å². The van der Waals surface area contributed by atoms with Gasteiger partial charge in [0.1, 0.15) is 5.75 Å². The first kappa shape index (κ1) is 18.0. The lowest BCUT2D eigenvalue weighted by Crippen LogP contribution is -2.23. The third kappa shape index (κ3) is 4.06. The number of hydrogen-bond acceptors (Lipinski definition) is 3. The molecule has 0 unspecified atom stereocenters. The van der Waals surface area contributed by atoms with E-state index in [1.165, 1.54) is 0 Å². The highest BCUT2D eigenvalue weighted by Crippen LogP contribution is 2.22. The average molecular weight is 370 g/mol. The van der Waals surface area contributed by atoms with Crippen LogP contribution in [0.4, 0.5) is 0 Å². The molecule has 0 aliphatic rings. The van der Waals surface area contributed by atoms with E-state index in [0.717, 1.165) is 16.8 Å². The molecule has 0 fully saturated rings. The van der Waals surface area contributed by atoms with Crippen LogP contribution in [0.5, 0.6) is 5.75 Å². The maximum absolute atomic E-state index is 12.6. The van der Waals surface area contributed by atoms with Crippen molar-refractivity contribution in [2.24, 2.45) is 0 Å². The minimum Gasteiger partial charge on any atom is -0.496 e. The summed E-state index contributed by atoms with van der Waals surface area (Å²) in [6, 6.07) is 15.3. The highest BCUT2D eigenvalue weighted by molar-refractivity contribution is 6.30. The van der Waals surface area contributed by atoms with Gasteiger partial charge in [-0.2, -0.15) is 5.10 Å². The van der Waals surface area contributed by atoms with Gasteiger partial charge in [-0.1, -0.05) is 41.9 Å². The van der Waals surface area contributed by atoms with Crippen LogP contribution in [0.25, 0.3) is 0 Å². The van der Waals surface area contributed by atoms with Gasteiger partial charge in [0.2, 0.25) is 0 Å². The van der Waals surface area contributed by atoms with Crippen molar-refractivity contribution in [3.8, 4) is 5.75 Å². The van der Waals surface area contributed by atoms with Crippen molar-refractivity contribution in [1.29, 1.82) is 0 Å². The van der Waals surface area contributed by atoms with E-state index in [9.17, 15) is 4.79 Å². The standard InChI is InChI=1S/C20H20ClN3O2/c1-14-18(12-23-24(14)13-15-6-4-3-5-7-15)20(25)22-11-16-10-17(21)8-9-19(16)26-2/h3-10,12H,11,13H2,1-2H3,(H,22,25). The van der Waals surface area contributed by atoms with Crippen LogP contribution in [0.3, 0.4) is 0 Å². The maximum atomic E-state index is 12.6. The van der Waals surface area contributed by atoms with Crippen molar-refractivity contribution in [1.82, 2.24) is 15.1 Å². The number of methoxy groups -OCH3 is 1. The molecule has 1 N–H and O–H groups in total. The second-order valence-corrected chi connectivity index (χ2v) is 6.36. The largest absolute Gasteiger partial charge is 0.496 e. The van der Waals surface area contributed by atoms with Crippen LogP contribution in [0.2, 0.25) is 5.02 Å². The van der Waals surface area contributed by atoms with Crippen LogP contribution in [0.15, 0.2) is 54.7 Å². The first-order valence-corrected chi connectivity index (χ1v) is 8.63. The first-order chi connectivity index (χ1) is 12.6. The molecule has 1 aromatic heterocycles. The molecule has 3 rings (SSSR count). The Kier molecular flexibility index (Phi) is 5.58. The molecule has 1 amide bonds. The quantitative estimate of drug-likeness (QED) is 0.718. The number of rotatable bonds is 6. The summed E-state index contributed by atoms with van der Waals surface area (Å²) < 4.78 is 7.13. The number of halogens is 1. The fourth-order valence-corrected chi connectivity index (χ4v) is 2.94. The van der Waals surface area contributed by atoms with Crippen LogP contribution < -0.4 is 10.1 Å². The summed E-state index contributed by atoms with van der Waals surface area (Å²) in [6.45, 7) is 2.85. The Morgan fingerprint density at radius 3 is 2.73 bits per heavy atom. The minimum absolute atomic E-state index is 0.177. The van der Waals surface area contributed by atoms with E-state index < -0.39 is 0 Å². The Morgan fingerprint density at radius 2 is 2.00 bits per heavy atom. The monoisotopic (exact) mass is 369 g/mol. The van der Waals surface area contributed by atoms with Gasteiger partial charge >= 0.3 is 0 Å². The molecule has 3 aromatic rings. The van der Waals surface area contributed by atoms with Gasteiger partial charge in [0.05, 0.1) is 25.4 Å². The zero-order valence-corrected chi connectivity index (χ0v) is 15.5. The molecule has 0 spiro atoms. The van der Waals surface area contributed by atoms with Gasteiger partial charge in [0.25, 0.3) is 5.91 Å². The molecule has 26 heavy (non-hydrogen) atoms. The minimum atomic E-state index is -0.177. The second-order valence-electron chi connectivity index (χ2n) is 5.93. The summed E-state index contributed by atoms with van der Waals surface area (Å²) in [7, 11) is 1.59. The molecule has 1 heterocycles. The molecule has 2 aromatic carbocycles. The van der Waals surface area contributed by atoms with E-state index in [4.69, 9.17) is 16.3 Å². The summed E-state index contributed by atoms with van der Waals surface area (Å²) >= 11 is 6.03. The lowest BCUT2D eigenvalue weighted by atomic mass is 10.2. The highest BCUT2D eigenvalue weighted by atomic mass is 35.5. The van der Waals surface area contributed by atoms with Gasteiger partial charge in [-0.3, -0.25) is 9.48 Å². The van der Waals surface area contributed by atoms with Crippen molar-refractivity contribution < 1.29 is 9.53 Å². The van der Waals surface area contributed by atoms with E-state index >= 15 is 0 Å². The van der Waals surface area contributed by atoms with Crippen molar-refractivity contribution in [2.45, 2.75) is 20.0 Å². The predicted molar refractivity (Wildman–Crippen MR) is 102 cm³/mol. The number of aromatic nitrogens is 2. The molecule has 6 heteroatoms. The van der Waals surface area contributed by atoms with E-state index in [1.807, 2.05) is 41.9 Å². The Bertz CT molecular complexity index is 907. The van der Waals surface area contributed by atoms with Crippen molar-refractivity contribution >= 4 is 17.5 Å². The normalized spacial score (nSPS) is 10.6. The van der Waals surface area contributed by atoms with Crippen LogP contribution in [0.1, 0.15) is 27.2 Å². The number of hydrogen-bond donors (Lipinski definition) is 1. The Hall–Kier alpha value is -2.79. The number of carbonyl (C=O) groups is 1. The summed E-state index contributed by atoms with van der Waals surface area (Å²) in [6.07, 6.45) is 1.60. The van der Waals surface area contributed by atoms with Crippen LogP contribution in [-0.4, -0.2) is 22.8 Å². The van der Waals surface area contributed by atoms with Gasteiger partial charge < -0.3 is 10.1 Å². The van der Waals surface area contributed by atoms with Gasteiger partial charge in [-0.15, -0.1) is 0 Å². The van der Waals surface area contributed by atoms with Crippen molar-refractivity contribution in [2.75, 3.05) is 7.11 Å². The van der Waals surface area contributed by atoms with E-state index in [2.05, 4.69) is 10.4 Å². The molecule has 0 aliphatic carbocycles. The molecule has 0 bridgehead atoms. The van der Waals surface area contributed by atoms with Gasteiger partial charge in [0, 0.05) is 22.8 Å². The van der Waals surface area contributed by atoms with E-state index in [-0.39, 0.29) is 5.91 Å². The Morgan fingerprint density at radius 1 is 1.23 bits per heavy atom. The van der Waals surface area contributed by atoms with Crippen molar-refractivity contribution in [3.05, 3.63) is 82.1 Å². The highest BCUT2D eigenvalue weighted by Gasteiger charge is 2.15. The van der Waals surface area contributed by atoms with E-state index in [0.29, 0.717) is 29.4 Å². The van der Waals surface area contributed by atoms with Crippen LogP contribution >= 0.6 is 11.6 Å². The third-order valence-electron chi connectivity index (χ3n) is 4.20. The molecule has 0 aliphatic heterocycles. The van der Waals surface area contributed by atoms with Crippen molar-refractivity contribution in [3.63, 3.8) is 0 Å². The summed E-state index contributed by atoms with van der Waals surface area (Å²) in [4.78, 5) is 12.6. The summed E-state index contributed by atoms with van der Waals surface area (Å²) in [5.74, 6) is 0.509. The number of ether oxygens (including phenoxy) is 1. The maximum Gasteiger partial charge on any atom is 0.255 e. The van der Waals surface area contributed by atoms with Gasteiger partial charge in [-0.05, 0) is 30.7 Å². The molecule has 0 saturated carbocycles. The van der Waals surface area contributed by atoms with E-state index in [1.54, 1.807) is 31.5 Å². The topological polar surface area (TPSA) is 56.1 Å². The van der Waals surface area contributed by atoms with Gasteiger partial charge in [-0.25, -0.2) is 0 Å². The molecule has 0 saturated heterocycles.